The summed E-state index contributed by atoms with van der Waals surface area (Å²) >= 11 is 8.43. The lowest BCUT2D eigenvalue weighted by Gasteiger charge is -2.20. The number of unbranched alkanes of at least 4 members (excludes halogenated alkanes) is 1. The van der Waals surface area contributed by atoms with E-state index in [9.17, 15) is 9.59 Å². The minimum absolute atomic E-state index is 0.0252. The number of carbonyl (C=O) groups excluding carboxylic acids is 2. The Labute approximate surface area is 219 Å². The number of ether oxygens (including phenoxy) is 1. The highest BCUT2D eigenvalue weighted by molar-refractivity contribution is 7.99. The topological polar surface area (TPSA) is 46.6 Å². The van der Waals surface area contributed by atoms with Crippen molar-refractivity contribution >= 4 is 35.2 Å². The molecule has 2 aromatic carbocycles. The predicted octanol–water partition coefficient (Wildman–Crippen LogP) is 8.15. The summed E-state index contributed by atoms with van der Waals surface area (Å²) in [7, 11) is 0. The summed E-state index contributed by atoms with van der Waals surface area (Å²) in [6.07, 6.45) is 3.76. The van der Waals surface area contributed by atoms with Crippen LogP contribution in [0.3, 0.4) is 0 Å². The standard InChI is InChI=1S/C29H38ClNO3S/c1-6-7-18-34-28(33)31-16-14-22-12-13-25(30)27(24(22)15-17-31)35-20(2)21-8-10-23(11-9-21)26(32)19-29(3,4)5/h8-13,20H,6-7,14-19H2,1-5H3. The molecule has 1 amide bonds. The molecular formula is C29H38ClNO3S. The number of fused-ring (bicyclic) bond motifs is 1. The summed E-state index contributed by atoms with van der Waals surface area (Å²) in [5.41, 5.74) is 4.37. The molecule has 0 fully saturated rings. The number of amides is 1. The molecule has 0 bridgehead atoms. The number of benzene rings is 2. The number of thioether (sulfide) groups is 1. The van der Waals surface area contributed by atoms with E-state index in [1.54, 1.807) is 11.8 Å². The second-order valence-corrected chi connectivity index (χ2v) is 12.3. The maximum absolute atomic E-state index is 12.6. The van der Waals surface area contributed by atoms with Crippen molar-refractivity contribution in [2.75, 3.05) is 19.7 Å². The van der Waals surface area contributed by atoms with Gasteiger partial charge in [0.15, 0.2) is 5.78 Å². The lowest BCUT2D eigenvalue weighted by atomic mass is 9.88. The Morgan fingerprint density at radius 2 is 1.77 bits per heavy atom. The van der Waals surface area contributed by atoms with Crippen molar-refractivity contribution < 1.29 is 14.3 Å². The number of Topliss-reactive ketones (excluding diaryl/α,β-unsaturated/α-hetero) is 1. The average Bonchev–Trinajstić information content (AvgIpc) is 3.03. The third-order valence-electron chi connectivity index (χ3n) is 6.26. The summed E-state index contributed by atoms with van der Waals surface area (Å²) < 4.78 is 5.44. The van der Waals surface area contributed by atoms with Crippen LogP contribution in [0.2, 0.25) is 5.02 Å². The summed E-state index contributed by atoms with van der Waals surface area (Å²) in [6.45, 7) is 12.3. The van der Waals surface area contributed by atoms with E-state index in [-0.39, 0.29) is 22.5 Å². The quantitative estimate of drug-likeness (QED) is 0.202. The molecule has 1 aliphatic heterocycles. The van der Waals surface area contributed by atoms with Crippen molar-refractivity contribution in [2.45, 2.75) is 76.9 Å². The molecule has 0 N–H and O–H groups in total. The SMILES string of the molecule is CCCCOC(=O)N1CCc2ccc(Cl)c(SC(C)c3ccc(C(=O)CC(C)(C)C)cc3)c2CC1. The molecule has 1 unspecified atom stereocenters. The molecule has 190 valence electrons. The lowest BCUT2D eigenvalue weighted by molar-refractivity contribution is 0.0939. The van der Waals surface area contributed by atoms with Gasteiger partial charge in [0, 0.05) is 35.2 Å². The van der Waals surface area contributed by atoms with E-state index in [0.29, 0.717) is 26.1 Å². The van der Waals surface area contributed by atoms with E-state index in [1.165, 1.54) is 11.1 Å². The van der Waals surface area contributed by atoms with Crippen molar-refractivity contribution in [1.82, 2.24) is 4.90 Å². The molecule has 1 heterocycles. The Morgan fingerprint density at radius 3 is 2.43 bits per heavy atom. The smallest absolute Gasteiger partial charge is 0.409 e. The molecule has 1 aliphatic rings. The van der Waals surface area contributed by atoms with Gasteiger partial charge < -0.3 is 9.64 Å². The van der Waals surface area contributed by atoms with Gasteiger partial charge in [0.05, 0.1) is 11.6 Å². The fourth-order valence-electron chi connectivity index (χ4n) is 4.24. The minimum atomic E-state index is -0.221. The van der Waals surface area contributed by atoms with Crippen molar-refractivity contribution in [3.8, 4) is 0 Å². The highest BCUT2D eigenvalue weighted by Gasteiger charge is 2.24. The normalized spacial score (nSPS) is 14.7. The van der Waals surface area contributed by atoms with Crippen LogP contribution >= 0.6 is 23.4 Å². The number of nitrogens with zero attached hydrogens (tertiary/aromatic N) is 1. The van der Waals surface area contributed by atoms with Crippen molar-refractivity contribution in [1.29, 1.82) is 0 Å². The molecule has 0 saturated carbocycles. The van der Waals surface area contributed by atoms with Crippen LogP contribution in [-0.4, -0.2) is 36.5 Å². The Hall–Kier alpha value is -1.98. The molecule has 4 nitrogen and oxygen atoms in total. The van der Waals surface area contributed by atoms with Gasteiger partial charge >= 0.3 is 6.09 Å². The fourth-order valence-corrected chi connectivity index (χ4v) is 5.75. The zero-order chi connectivity index (χ0) is 25.6. The highest BCUT2D eigenvalue weighted by atomic mass is 35.5. The second kappa shape index (κ2) is 12.3. The largest absolute Gasteiger partial charge is 0.449 e. The van der Waals surface area contributed by atoms with Crippen LogP contribution in [0.25, 0.3) is 0 Å². The van der Waals surface area contributed by atoms with Gasteiger partial charge in [-0.15, -0.1) is 11.8 Å². The number of hydrogen-bond acceptors (Lipinski definition) is 4. The molecule has 2 aromatic rings. The van der Waals surface area contributed by atoms with Crippen LogP contribution in [0.5, 0.6) is 0 Å². The highest BCUT2D eigenvalue weighted by Crippen LogP contribution is 2.42. The first-order chi connectivity index (χ1) is 16.6. The third-order valence-corrected chi connectivity index (χ3v) is 8.02. The van der Waals surface area contributed by atoms with Gasteiger partial charge in [0.25, 0.3) is 0 Å². The van der Waals surface area contributed by atoms with Gasteiger partial charge in [0.1, 0.15) is 0 Å². The van der Waals surface area contributed by atoms with Gasteiger partial charge in [-0.05, 0) is 54.4 Å². The number of rotatable bonds is 8. The predicted molar refractivity (Wildman–Crippen MR) is 146 cm³/mol. The van der Waals surface area contributed by atoms with Crippen molar-refractivity contribution in [3.63, 3.8) is 0 Å². The number of carbonyl (C=O) groups is 2. The Balaban J connectivity index is 1.71. The van der Waals surface area contributed by atoms with E-state index < -0.39 is 0 Å². The van der Waals surface area contributed by atoms with Gasteiger partial charge in [-0.3, -0.25) is 4.79 Å². The van der Waals surface area contributed by atoms with Crippen LogP contribution in [0.1, 0.15) is 86.2 Å². The van der Waals surface area contributed by atoms with Crippen LogP contribution in [-0.2, 0) is 17.6 Å². The zero-order valence-corrected chi connectivity index (χ0v) is 23.2. The first-order valence-corrected chi connectivity index (χ1v) is 13.9. The van der Waals surface area contributed by atoms with Crippen LogP contribution < -0.4 is 0 Å². The molecule has 35 heavy (non-hydrogen) atoms. The lowest BCUT2D eigenvalue weighted by Crippen LogP contribution is -2.34. The molecule has 0 aromatic heterocycles. The molecule has 6 heteroatoms. The monoisotopic (exact) mass is 515 g/mol. The summed E-state index contributed by atoms with van der Waals surface area (Å²) in [5, 5.41) is 0.917. The molecule has 3 rings (SSSR count). The van der Waals surface area contributed by atoms with Gasteiger partial charge in [-0.1, -0.05) is 76.0 Å². The number of hydrogen-bond donors (Lipinski definition) is 0. The molecule has 0 aliphatic carbocycles. The van der Waals surface area contributed by atoms with Crippen molar-refractivity contribution in [3.05, 3.63) is 63.7 Å². The summed E-state index contributed by atoms with van der Waals surface area (Å²) in [5.74, 6) is 0.179. The van der Waals surface area contributed by atoms with Gasteiger partial charge in [0.2, 0.25) is 0 Å². The second-order valence-electron chi connectivity index (χ2n) is 10.5. The molecule has 0 spiro atoms. The zero-order valence-electron chi connectivity index (χ0n) is 21.7. The first kappa shape index (κ1) is 27.6. The fraction of sp³-hybridized carbons (Fsp3) is 0.517. The third kappa shape index (κ3) is 7.75. The molecular weight excluding hydrogens is 478 g/mol. The van der Waals surface area contributed by atoms with Gasteiger partial charge in [-0.25, -0.2) is 4.79 Å². The van der Waals surface area contributed by atoms with Gasteiger partial charge in [-0.2, -0.15) is 0 Å². The van der Waals surface area contributed by atoms with E-state index in [0.717, 1.165) is 46.7 Å². The number of halogens is 1. The maximum Gasteiger partial charge on any atom is 0.409 e. The first-order valence-electron chi connectivity index (χ1n) is 12.6. The summed E-state index contributed by atoms with van der Waals surface area (Å²) in [6, 6.07) is 12.0. The average molecular weight is 516 g/mol. The Morgan fingerprint density at radius 1 is 1.09 bits per heavy atom. The van der Waals surface area contributed by atoms with E-state index in [4.69, 9.17) is 16.3 Å². The minimum Gasteiger partial charge on any atom is -0.449 e. The molecule has 0 saturated heterocycles. The van der Waals surface area contributed by atoms with Crippen LogP contribution in [0, 0.1) is 5.41 Å². The molecule has 0 radical (unpaired) electrons. The van der Waals surface area contributed by atoms with E-state index in [2.05, 4.69) is 52.8 Å². The van der Waals surface area contributed by atoms with E-state index >= 15 is 0 Å². The maximum atomic E-state index is 12.6. The van der Waals surface area contributed by atoms with Crippen molar-refractivity contribution in [2.24, 2.45) is 5.41 Å². The van der Waals surface area contributed by atoms with Crippen LogP contribution in [0.15, 0.2) is 41.3 Å². The van der Waals surface area contributed by atoms with Crippen LogP contribution in [0.4, 0.5) is 4.79 Å². The Bertz CT molecular complexity index is 1030. The number of ketones is 1. The van der Waals surface area contributed by atoms with E-state index in [1.807, 2.05) is 23.1 Å². The summed E-state index contributed by atoms with van der Waals surface area (Å²) in [4.78, 5) is 28.0. The molecule has 1 atom stereocenters. The Kier molecular flexibility index (Phi) is 9.71.